The fraction of sp³-hybridized carbons (Fsp3) is 0.333. The van der Waals surface area contributed by atoms with Gasteiger partial charge in [0, 0.05) is 18.5 Å². The van der Waals surface area contributed by atoms with Crippen molar-refractivity contribution in [3.8, 4) is 17.2 Å². The van der Waals surface area contributed by atoms with E-state index in [9.17, 15) is 0 Å². The number of likely N-dealkylation sites (N-methyl/N-ethyl adjacent to an activating group) is 1. The molecule has 0 aliphatic carbocycles. The van der Waals surface area contributed by atoms with Gasteiger partial charge in [-0.25, -0.2) is 0 Å². The van der Waals surface area contributed by atoms with Crippen molar-refractivity contribution in [1.29, 1.82) is 0 Å². The minimum absolute atomic E-state index is 0.518. The van der Waals surface area contributed by atoms with Crippen molar-refractivity contribution in [1.82, 2.24) is 15.5 Å². The SMILES string of the molecule is CNCCc1nnc(-c2ccc(OC)c(Br)c2)o1. The predicted octanol–water partition coefficient (Wildman–Crippen LogP) is 2.27. The zero-order valence-corrected chi connectivity index (χ0v) is 11.8. The maximum Gasteiger partial charge on any atom is 0.247 e. The van der Waals surface area contributed by atoms with E-state index in [4.69, 9.17) is 9.15 Å². The lowest BCUT2D eigenvalue weighted by Gasteiger charge is -2.03. The van der Waals surface area contributed by atoms with Crippen LogP contribution in [0.1, 0.15) is 5.89 Å². The number of hydrogen-bond donors (Lipinski definition) is 1. The molecular formula is C12H14BrN3O2. The molecule has 0 bridgehead atoms. The van der Waals surface area contributed by atoms with E-state index in [1.165, 1.54) is 0 Å². The fourth-order valence-corrected chi connectivity index (χ4v) is 2.04. The lowest BCUT2D eigenvalue weighted by molar-refractivity contribution is 0.412. The highest BCUT2D eigenvalue weighted by atomic mass is 79.9. The van der Waals surface area contributed by atoms with Gasteiger partial charge in [0.2, 0.25) is 11.8 Å². The van der Waals surface area contributed by atoms with Crippen molar-refractivity contribution < 1.29 is 9.15 Å². The third-order valence-corrected chi connectivity index (χ3v) is 3.07. The Kier molecular flexibility index (Phi) is 4.33. The second-order valence-corrected chi connectivity index (χ2v) is 4.56. The maximum atomic E-state index is 5.58. The molecule has 0 unspecified atom stereocenters. The molecule has 1 aromatic heterocycles. The molecule has 0 aliphatic rings. The van der Waals surface area contributed by atoms with Crippen LogP contribution in [0.3, 0.4) is 0 Å². The molecule has 0 radical (unpaired) electrons. The lowest BCUT2D eigenvalue weighted by atomic mass is 10.2. The van der Waals surface area contributed by atoms with Gasteiger partial charge in [-0.15, -0.1) is 10.2 Å². The highest BCUT2D eigenvalue weighted by Gasteiger charge is 2.10. The van der Waals surface area contributed by atoms with Crippen LogP contribution in [0.2, 0.25) is 0 Å². The second-order valence-electron chi connectivity index (χ2n) is 3.70. The molecule has 2 rings (SSSR count). The van der Waals surface area contributed by atoms with Gasteiger partial charge in [0.05, 0.1) is 11.6 Å². The van der Waals surface area contributed by atoms with E-state index in [0.29, 0.717) is 11.8 Å². The Hall–Kier alpha value is -1.40. The van der Waals surface area contributed by atoms with Crippen LogP contribution in [0.15, 0.2) is 27.1 Å². The van der Waals surface area contributed by atoms with Gasteiger partial charge in [-0.05, 0) is 41.2 Å². The zero-order valence-electron chi connectivity index (χ0n) is 10.2. The normalized spacial score (nSPS) is 10.6. The molecule has 0 atom stereocenters. The number of methoxy groups -OCH3 is 1. The Morgan fingerprint density at radius 1 is 1.39 bits per heavy atom. The zero-order chi connectivity index (χ0) is 13.0. The predicted molar refractivity (Wildman–Crippen MR) is 71.6 cm³/mol. The Morgan fingerprint density at radius 2 is 2.22 bits per heavy atom. The third kappa shape index (κ3) is 2.88. The molecule has 1 heterocycles. The van der Waals surface area contributed by atoms with Crippen LogP contribution in [-0.2, 0) is 6.42 Å². The van der Waals surface area contributed by atoms with Gasteiger partial charge in [0.1, 0.15) is 5.75 Å². The maximum absolute atomic E-state index is 5.58. The molecule has 96 valence electrons. The van der Waals surface area contributed by atoms with Gasteiger partial charge in [0.25, 0.3) is 0 Å². The number of nitrogens with zero attached hydrogens (tertiary/aromatic N) is 2. The second kappa shape index (κ2) is 5.97. The summed E-state index contributed by atoms with van der Waals surface area (Å²) in [5.74, 6) is 1.92. The molecule has 18 heavy (non-hydrogen) atoms. The number of ether oxygens (including phenoxy) is 1. The molecule has 6 heteroatoms. The van der Waals surface area contributed by atoms with Crippen molar-refractivity contribution in [3.05, 3.63) is 28.6 Å². The average Bonchev–Trinajstić information content (AvgIpc) is 2.85. The smallest absolute Gasteiger partial charge is 0.247 e. The van der Waals surface area contributed by atoms with E-state index in [1.807, 2.05) is 25.2 Å². The highest BCUT2D eigenvalue weighted by Crippen LogP contribution is 2.29. The number of rotatable bonds is 5. The van der Waals surface area contributed by atoms with Crippen molar-refractivity contribution in [2.24, 2.45) is 0 Å². The summed E-state index contributed by atoms with van der Waals surface area (Å²) in [5, 5.41) is 11.1. The Bertz CT molecular complexity index is 528. The van der Waals surface area contributed by atoms with Crippen LogP contribution in [0.25, 0.3) is 11.5 Å². The van der Waals surface area contributed by atoms with E-state index in [1.54, 1.807) is 7.11 Å². The van der Waals surface area contributed by atoms with Gasteiger partial charge in [-0.3, -0.25) is 0 Å². The van der Waals surface area contributed by atoms with E-state index < -0.39 is 0 Å². The van der Waals surface area contributed by atoms with Crippen LogP contribution in [0, 0.1) is 0 Å². The van der Waals surface area contributed by atoms with Crippen LogP contribution >= 0.6 is 15.9 Å². The van der Waals surface area contributed by atoms with Gasteiger partial charge in [-0.1, -0.05) is 0 Å². The number of hydrogen-bond acceptors (Lipinski definition) is 5. The minimum atomic E-state index is 0.518. The first kappa shape index (κ1) is 13.0. The highest BCUT2D eigenvalue weighted by molar-refractivity contribution is 9.10. The molecule has 0 fully saturated rings. The fourth-order valence-electron chi connectivity index (χ4n) is 1.50. The van der Waals surface area contributed by atoms with Gasteiger partial charge < -0.3 is 14.5 Å². The van der Waals surface area contributed by atoms with Crippen molar-refractivity contribution in [2.45, 2.75) is 6.42 Å². The standard InChI is InChI=1S/C12H14BrN3O2/c1-14-6-5-11-15-16-12(18-11)8-3-4-10(17-2)9(13)7-8/h3-4,7,14H,5-6H2,1-2H3. The molecule has 0 amide bonds. The molecule has 1 aromatic carbocycles. The van der Waals surface area contributed by atoms with E-state index in [0.717, 1.165) is 28.8 Å². The number of nitrogens with one attached hydrogen (secondary N) is 1. The monoisotopic (exact) mass is 311 g/mol. The molecule has 2 aromatic rings. The molecule has 0 saturated carbocycles. The minimum Gasteiger partial charge on any atom is -0.496 e. The van der Waals surface area contributed by atoms with Gasteiger partial charge in [0.15, 0.2) is 0 Å². The molecule has 1 N–H and O–H groups in total. The van der Waals surface area contributed by atoms with Gasteiger partial charge in [-0.2, -0.15) is 0 Å². The molecule has 0 spiro atoms. The quantitative estimate of drug-likeness (QED) is 0.918. The Labute approximate surface area is 114 Å². The van der Waals surface area contributed by atoms with Crippen LogP contribution < -0.4 is 10.1 Å². The molecule has 5 nitrogen and oxygen atoms in total. The third-order valence-electron chi connectivity index (χ3n) is 2.45. The summed E-state index contributed by atoms with van der Waals surface area (Å²) in [4.78, 5) is 0. The topological polar surface area (TPSA) is 60.2 Å². The van der Waals surface area contributed by atoms with E-state index in [2.05, 4.69) is 31.4 Å². The summed E-state index contributed by atoms with van der Waals surface area (Å²) in [5.41, 5.74) is 0.867. The summed E-state index contributed by atoms with van der Waals surface area (Å²) < 4.78 is 11.6. The van der Waals surface area contributed by atoms with Crippen molar-refractivity contribution in [2.75, 3.05) is 20.7 Å². The Morgan fingerprint density at radius 3 is 2.89 bits per heavy atom. The first-order chi connectivity index (χ1) is 8.74. The summed E-state index contributed by atoms with van der Waals surface area (Å²) in [6, 6.07) is 5.64. The number of benzene rings is 1. The lowest BCUT2D eigenvalue weighted by Crippen LogP contribution is -2.10. The van der Waals surface area contributed by atoms with Crippen LogP contribution in [-0.4, -0.2) is 30.9 Å². The number of halogens is 1. The van der Waals surface area contributed by atoms with Crippen molar-refractivity contribution >= 4 is 15.9 Å². The van der Waals surface area contributed by atoms with Crippen molar-refractivity contribution in [3.63, 3.8) is 0 Å². The first-order valence-electron chi connectivity index (χ1n) is 5.55. The average molecular weight is 312 g/mol. The summed E-state index contributed by atoms with van der Waals surface area (Å²) in [6.07, 6.45) is 0.723. The Balaban J connectivity index is 2.20. The summed E-state index contributed by atoms with van der Waals surface area (Å²) in [7, 11) is 3.51. The van der Waals surface area contributed by atoms with E-state index in [-0.39, 0.29) is 0 Å². The first-order valence-corrected chi connectivity index (χ1v) is 6.34. The summed E-state index contributed by atoms with van der Waals surface area (Å²) in [6.45, 7) is 0.813. The molecule has 0 saturated heterocycles. The largest absolute Gasteiger partial charge is 0.496 e. The van der Waals surface area contributed by atoms with Crippen LogP contribution in [0.5, 0.6) is 5.75 Å². The molecular weight excluding hydrogens is 298 g/mol. The van der Waals surface area contributed by atoms with Gasteiger partial charge >= 0.3 is 0 Å². The number of aromatic nitrogens is 2. The van der Waals surface area contributed by atoms with E-state index >= 15 is 0 Å². The summed E-state index contributed by atoms with van der Waals surface area (Å²) >= 11 is 3.43. The molecule has 0 aliphatic heterocycles. The van der Waals surface area contributed by atoms with Crippen LogP contribution in [0.4, 0.5) is 0 Å².